The van der Waals surface area contributed by atoms with Gasteiger partial charge in [-0.25, -0.2) is 0 Å². The van der Waals surface area contributed by atoms with E-state index in [0.717, 1.165) is 5.56 Å². The molecule has 4 nitrogen and oxygen atoms in total. The Labute approximate surface area is 172 Å². The average Bonchev–Trinajstić information content (AvgIpc) is 2.71. The van der Waals surface area contributed by atoms with Gasteiger partial charge < -0.3 is 9.47 Å². The quantitative estimate of drug-likeness (QED) is 0.467. The van der Waals surface area contributed by atoms with Gasteiger partial charge in [0.2, 0.25) is 5.78 Å². The molecule has 0 radical (unpaired) electrons. The van der Waals surface area contributed by atoms with Gasteiger partial charge in [0, 0.05) is 16.7 Å². The Kier molecular flexibility index (Phi) is 6.54. The van der Waals surface area contributed by atoms with Gasteiger partial charge in [-0.1, -0.05) is 53.5 Å². The molecule has 0 bridgehead atoms. The lowest BCUT2D eigenvalue weighted by molar-refractivity contribution is 0.0921. The number of hydrogen-bond acceptors (Lipinski definition) is 4. The maximum Gasteiger partial charge on any atom is 0.201 e. The largest absolute Gasteiger partial charge is 0.489 e. The van der Waals surface area contributed by atoms with Crippen molar-refractivity contribution in [3.63, 3.8) is 0 Å². The van der Waals surface area contributed by atoms with E-state index in [0.29, 0.717) is 28.5 Å². The lowest BCUT2D eigenvalue weighted by Gasteiger charge is -2.11. The number of rotatable bonds is 7. The van der Waals surface area contributed by atoms with Crippen LogP contribution in [0.25, 0.3) is 0 Å². The fraction of sp³-hybridized carbons (Fsp3) is 0.0909. The summed E-state index contributed by atoms with van der Waals surface area (Å²) in [6, 6.07) is 21.2. The van der Waals surface area contributed by atoms with Gasteiger partial charge in [0.25, 0.3) is 0 Å². The number of nitrogens with zero attached hydrogens (tertiary/aromatic N) is 1. The number of ether oxygens (including phenoxy) is 2. The van der Waals surface area contributed by atoms with E-state index in [1.807, 2.05) is 36.4 Å². The third-order valence-corrected chi connectivity index (χ3v) is 4.46. The second-order valence-corrected chi connectivity index (χ2v) is 6.72. The van der Waals surface area contributed by atoms with Gasteiger partial charge in [0.05, 0.1) is 10.6 Å². The van der Waals surface area contributed by atoms with Gasteiger partial charge in [-0.15, -0.1) is 0 Å². The average molecular weight is 412 g/mol. The molecule has 0 fully saturated rings. The Hall–Kier alpha value is -3.00. The Balaban J connectivity index is 1.70. The Morgan fingerprint density at radius 1 is 0.964 bits per heavy atom. The zero-order valence-electron chi connectivity index (χ0n) is 14.7. The molecule has 3 aromatic rings. The van der Waals surface area contributed by atoms with Crippen LogP contribution in [0.1, 0.15) is 21.5 Å². The van der Waals surface area contributed by atoms with Gasteiger partial charge in [-0.3, -0.25) is 4.79 Å². The lowest BCUT2D eigenvalue weighted by atomic mass is 10.1. The number of carbonyl (C=O) groups excluding carboxylic acids is 1. The molecule has 0 N–H and O–H groups in total. The molecule has 0 unspecified atom stereocenters. The van der Waals surface area contributed by atoms with E-state index in [9.17, 15) is 10.1 Å². The summed E-state index contributed by atoms with van der Waals surface area (Å²) in [7, 11) is 0. The summed E-state index contributed by atoms with van der Waals surface area (Å²) in [6.07, 6.45) is 0. The summed E-state index contributed by atoms with van der Waals surface area (Å²) in [5, 5.41) is 9.98. The standard InChI is InChI=1S/C22H15Cl2NO3/c23-17-7-9-19(20(24)10-17)21(26)14-28-22-11-18(8-6-16(22)12-25)27-13-15-4-2-1-3-5-15/h1-11H,13-14H2. The van der Waals surface area contributed by atoms with Gasteiger partial charge in [-0.05, 0) is 35.9 Å². The van der Waals surface area contributed by atoms with E-state index in [4.69, 9.17) is 32.7 Å². The zero-order chi connectivity index (χ0) is 19.9. The Morgan fingerprint density at radius 2 is 1.75 bits per heavy atom. The highest BCUT2D eigenvalue weighted by atomic mass is 35.5. The van der Waals surface area contributed by atoms with Crippen molar-refractivity contribution >= 4 is 29.0 Å². The molecular weight excluding hydrogens is 397 g/mol. The summed E-state index contributed by atoms with van der Waals surface area (Å²) in [5.41, 5.74) is 1.63. The number of ketones is 1. The van der Waals surface area contributed by atoms with E-state index >= 15 is 0 Å². The van der Waals surface area contributed by atoms with Gasteiger partial charge >= 0.3 is 0 Å². The molecule has 6 heteroatoms. The molecule has 3 rings (SSSR count). The van der Waals surface area contributed by atoms with Crippen LogP contribution < -0.4 is 9.47 Å². The summed E-state index contributed by atoms with van der Waals surface area (Å²) in [6.45, 7) is 0.115. The fourth-order valence-electron chi connectivity index (χ4n) is 2.48. The molecule has 0 aliphatic rings. The molecule has 28 heavy (non-hydrogen) atoms. The van der Waals surface area contributed by atoms with Crippen LogP contribution in [0, 0.1) is 11.3 Å². The highest BCUT2D eigenvalue weighted by molar-refractivity contribution is 6.36. The minimum atomic E-state index is -0.318. The monoisotopic (exact) mass is 411 g/mol. The van der Waals surface area contributed by atoms with Crippen molar-refractivity contribution in [3.8, 4) is 17.6 Å². The maximum absolute atomic E-state index is 12.4. The van der Waals surface area contributed by atoms with Crippen molar-refractivity contribution < 1.29 is 14.3 Å². The third kappa shape index (κ3) is 5.04. The smallest absolute Gasteiger partial charge is 0.201 e. The topological polar surface area (TPSA) is 59.3 Å². The van der Waals surface area contributed by atoms with Gasteiger partial charge in [0.15, 0.2) is 6.61 Å². The minimum absolute atomic E-state index is 0.251. The van der Waals surface area contributed by atoms with Gasteiger partial charge in [0.1, 0.15) is 24.2 Å². The predicted molar refractivity (Wildman–Crippen MR) is 108 cm³/mol. The number of hydrogen-bond donors (Lipinski definition) is 0. The van der Waals surface area contributed by atoms with Crippen molar-refractivity contribution in [3.05, 3.63) is 93.5 Å². The molecule has 0 heterocycles. The van der Waals surface area contributed by atoms with E-state index < -0.39 is 0 Å². The lowest BCUT2D eigenvalue weighted by Crippen LogP contribution is -2.12. The van der Waals surface area contributed by atoms with Gasteiger partial charge in [-0.2, -0.15) is 5.26 Å². The molecule has 140 valence electrons. The molecule has 0 aromatic heterocycles. The molecule has 3 aromatic carbocycles. The normalized spacial score (nSPS) is 10.2. The second-order valence-electron chi connectivity index (χ2n) is 5.88. The molecule has 0 aliphatic heterocycles. The predicted octanol–water partition coefficient (Wildman–Crippen LogP) is 5.71. The first-order valence-corrected chi connectivity index (χ1v) is 9.14. The maximum atomic E-state index is 12.4. The van der Waals surface area contributed by atoms with Crippen LogP contribution in [-0.2, 0) is 6.61 Å². The molecule has 0 saturated carbocycles. The molecule has 0 spiro atoms. The first kappa shape index (κ1) is 19.8. The van der Waals surface area contributed by atoms with Crippen LogP contribution in [0.2, 0.25) is 10.0 Å². The Morgan fingerprint density at radius 3 is 2.46 bits per heavy atom. The molecule has 0 saturated heterocycles. The van der Waals surface area contributed by atoms with E-state index in [2.05, 4.69) is 0 Å². The van der Waals surface area contributed by atoms with Crippen molar-refractivity contribution in [2.75, 3.05) is 6.61 Å². The molecule has 0 aliphatic carbocycles. The number of nitriles is 1. The summed E-state index contributed by atoms with van der Waals surface area (Å²) < 4.78 is 11.3. The van der Waals surface area contributed by atoms with Crippen molar-refractivity contribution in [2.45, 2.75) is 6.61 Å². The first-order valence-electron chi connectivity index (χ1n) is 8.39. The minimum Gasteiger partial charge on any atom is -0.489 e. The zero-order valence-corrected chi connectivity index (χ0v) is 16.2. The third-order valence-electron chi connectivity index (χ3n) is 3.91. The van der Waals surface area contributed by atoms with Crippen molar-refractivity contribution in [2.24, 2.45) is 0 Å². The summed E-state index contributed by atoms with van der Waals surface area (Å²) >= 11 is 11.9. The SMILES string of the molecule is N#Cc1ccc(OCc2ccccc2)cc1OCC(=O)c1ccc(Cl)cc1Cl. The summed E-state index contributed by atoms with van der Waals surface area (Å²) in [4.78, 5) is 12.4. The van der Waals surface area contributed by atoms with Crippen molar-refractivity contribution in [1.82, 2.24) is 0 Å². The van der Waals surface area contributed by atoms with Crippen LogP contribution in [-0.4, -0.2) is 12.4 Å². The number of halogens is 2. The molecule has 0 atom stereocenters. The van der Waals surface area contributed by atoms with E-state index in [1.54, 1.807) is 30.3 Å². The molecule has 0 amide bonds. The number of carbonyl (C=O) groups is 1. The fourth-order valence-corrected chi connectivity index (χ4v) is 3.00. The number of benzene rings is 3. The van der Waals surface area contributed by atoms with E-state index in [1.165, 1.54) is 6.07 Å². The van der Waals surface area contributed by atoms with Crippen LogP contribution in [0.5, 0.6) is 11.5 Å². The highest BCUT2D eigenvalue weighted by Gasteiger charge is 2.14. The van der Waals surface area contributed by atoms with Crippen LogP contribution in [0.4, 0.5) is 0 Å². The van der Waals surface area contributed by atoms with Crippen molar-refractivity contribution in [1.29, 1.82) is 5.26 Å². The first-order chi connectivity index (χ1) is 13.6. The van der Waals surface area contributed by atoms with E-state index in [-0.39, 0.29) is 23.2 Å². The van der Waals surface area contributed by atoms with Crippen LogP contribution in [0.15, 0.2) is 66.7 Å². The molecular formula is C22H15Cl2NO3. The highest BCUT2D eigenvalue weighted by Crippen LogP contribution is 2.26. The Bertz CT molecular complexity index is 1030. The number of Topliss-reactive ketones (excluding diaryl/α,β-unsaturated/α-hetero) is 1. The summed E-state index contributed by atoms with van der Waals surface area (Å²) in [5.74, 6) is 0.488. The van der Waals surface area contributed by atoms with Crippen LogP contribution in [0.3, 0.4) is 0 Å². The second kappa shape index (κ2) is 9.27. The van der Waals surface area contributed by atoms with Crippen LogP contribution >= 0.6 is 23.2 Å².